The third-order valence-electron chi connectivity index (χ3n) is 1.34. The molecule has 0 aromatic carbocycles. The van der Waals surface area contributed by atoms with Crippen LogP contribution in [0.4, 0.5) is 0 Å². The van der Waals surface area contributed by atoms with Crippen molar-refractivity contribution in [3.63, 3.8) is 0 Å². The van der Waals surface area contributed by atoms with Gasteiger partial charge in [-0.15, -0.1) is 6.58 Å². The van der Waals surface area contributed by atoms with Crippen LogP contribution in [0.2, 0.25) is 0 Å². The van der Waals surface area contributed by atoms with Crippen molar-refractivity contribution in [1.82, 2.24) is 0 Å². The smallest absolute Gasteiger partial charge is 0.180 e. The fourth-order valence-corrected chi connectivity index (χ4v) is 0.810. The van der Waals surface area contributed by atoms with E-state index >= 15 is 0 Å². The number of nitrogens with zero attached hydrogens (tertiary/aromatic N) is 1. The minimum absolute atomic E-state index is 0.113. The van der Waals surface area contributed by atoms with Crippen LogP contribution in [0.5, 0.6) is 0 Å². The average molecular weight is 135 g/mol. The van der Waals surface area contributed by atoms with Gasteiger partial charge in [0.25, 0.3) is 0 Å². The number of rotatable bonds is 2. The highest BCUT2D eigenvalue weighted by Crippen LogP contribution is 2.05. The summed E-state index contributed by atoms with van der Waals surface area (Å²) in [7, 11) is 0. The van der Waals surface area contributed by atoms with Crippen LogP contribution >= 0.6 is 0 Å². The fourth-order valence-electron chi connectivity index (χ4n) is 0.810. The molecule has 1 aliphatic heterocycles. The van der Waals surface area contributed by atoms with Crippen molar-refractivity contribution in [3.05, 3.63) is 24.3 Å². The lowest BCUT2D eigenvalue weighted by Crippen LogP contribution is -2.09. The van der Waals surface area contributed by atoms with E-state index in [1.807, 2.05) is 0 Å². The summed E-state index contributed by atoms with van der Waals surface area (Å²) in [6.45, 7) is 3.86. The molecule has 1 rings (SSSR count). The number of dihydropyridines is 1. The molecular weight excluding hydrogens is 126 g/mol. The maximum Gasteiger partial charge on any atom is 0.180 e. The first kappa shape index (κ1) is 6.93. The SMILES string of the molecule is C=CCC1=CC=NCC1=O. The van der Waals surface area contributed by atoms with Crippen molar-refractivity contribution in [2.75, 3.05) is 6.54 Å². The first-order valence-corrected chi connectivity index (χ1v) is 3.17. The van der Waals surface area contributed by atoms with Crippen LogP contribution in [-0.4, -0.2) is 18.5 Å². The van der Waals surface area contributed by atoms with Crippen molar-refractivity contribution in [1.29, 1.82) is 0 Å². The van der Waals surface area contributed by atoms with E-state index in [2.05, 4.69) is 11.6 Å². The standard InChI is InChI=1S/C8H9NO/c1-2-3-7-4-5-9-6-8(7)10/h2,4-5H,1,3,6H2. The number of aliphatic imine (C=N–C) groups is 1. The average Bonchev–Trinajstić information content (AvgIpc) is 1.94. The summed E-state index contributed by atoms with van der Waals surface area (Å²) in [5, 5.41) is 0. The number of hydrogen-bond acceptors (Lipinski definition) is 2. The molecule has 1 heterocycles. The van der Waals surface area contributed by atoms with Gasteiger partial charge in [-0.3, -0.25) is 9.79 Å². The van der Waals surface area contributed by atoms with E-state index in [-0.39, 0.29) is 5.78 Å². The van der Waals surface area contributed by atoms with E-state index in [9.17, 15) is 4.79 Å². The Balaban J connectivity index is 2.70. The second-order valence-electron chi connectivity index (χ2n) is 2.10. The van der Waals surface area contributed by atoms with E-state index in [1.54, 1.807) is 18.4 Å². The number of hydrogen-bond donors (Lipinski definition) is 0. The van der Waals surface area contributed by atoms with Crippen LogP contribution in [0, 0.1) is 0 Å². The minimum atomic E-state index is 0.113. The van der Waals surface area contributed by atoms with Crippen molar-refractivity contribution in [3.8, 4) is 0 Å². The van der Waals surface area contributed by atoms with Crippen LogP contribution in [0.3, 0.4) is 0 Å². The summed E-state index contributed by atoms with van der Waals surface area (Å²) in [5.74, 6) is 0.113. The Morgan fingerprint density at radius 3 is 3.20 bits per heavy atom. The molecule has 0 aliphatic carbocycles. The van der Waals surface area contributed by atoms with Gasteiger partial charge in [0.05, 0.1) is 0 Å². The van der Waals surface area contributed by atoms with Crippen molar-refractivity contribution in [2.45, 2.75) is 6.42 Å². The van der Waals surface area contributed by atoms with Crippen LogP contribution in [0.1, 0.15) is 6.42 Å². The Labute approximate surface area is 60.0 Å². The van der Waals surface area contributed by atoms with Gasteiger partial charge in [0.15, 0.2) is 5.78 Å². The van der Waals surface area contributed by atoms with Gasteiger partial charge >= 0.3 is 0 Å². The predicted octanol–water partition coefficient (Wildman–Crippen LogP) is 1.14. The lowest BCUT2D eigenvalue weighted by atomic mass is 10.1. The molecule has 0 saturated heterocycles. The normalized spacial score (nSPS) is 16.8. The van der Waals surface area contributed by atoms with Crippen LogP contribution in [0.15, 0.2) is 29.3 Å². The second kappa shape index (κ2) is 3.11. The number of Topliss-reactive ketones (excluding diaryl/α,β-unsaturated/α-hetero) is 1. The van der Waals surface area contributed by atoms with Crippen molar-refractivity contribution in [2.24, 2.45) is 4.99 Å². The van der Waals surface area contributed by atoms with Gasteiger partial charge in [0.1, 0.15) is 6.54 Å². The van der Waals surface area contributed by atoms with E-state index in [0.717, 1.165) is 5.57 Å². The Morgan fingerprint density at radius 1 is 1.80 bits per heavy atom. The molecule has 0 unspecified atom stereocenters. The molecule has 2 nitrogen and oxygen atoms in total. The fraction of sp³-hybridized carbons (Fsp3) is 0.250. The Bertz CT molecular complexity index is 213. The molecule has 0 N–H and O–H groups in total. The number of ketones is 1. The van der Waals surface area contributed by atoms with E-state index in [4.69, 9.17) is 0 Å². The van der Waals surface area contributed by atoms with Gasteiger partial charge in [0, 0.05) is 11.8 Å². The van der Waals surface area contributed by atoms with Gasteiger partial charge in [-0.25, -0.2) is 0 Å². The number of carbonyl (C=O) groups is 1. The zero-order valence-electron chi connectivity index (χ0n) is 5.71. The maximum absolute atomic E-state index is 11.0. The molecule has 0 saturated carbocycles. The van der Waals surface area contributed by atoms with E-state index < -0.39 is 0 Å². The molecule has 2 heteroatoms. The van der Waals surface area contributed by atoms with Crippen LogP contribution < -0.4 is 0 Å². The third-order valence-corrected chi connectivity index (χ3v) is 1.34. The van der Waals surface area contributed by atoms with Gasteiger partial charge in [-0.05, 0) is 12.5 Å². The summed E-state index contributed by atoms with van der Waals surface area (Å²) in [5.41, 5.74) is 0.810. The summed E-state index contributed by atoms with van der Waals surface area (Å²) in [4.78, 5) is 14.8. The topological polar surface area (TPSA) is 29.4 Å². The molecule has 0 spiro atoms. The highest BCUT2D eigenvalue weighted by molar-refractivity contribution is 6.03. The Morgan fingerprint density at radius 2 is 2.60 bits per heavy atom. The quantitative estimate of drug-likeness (QED) is 0.522. The van der Waals surface area contributed by atoms with Crippen molar-refractivity contribution < 1.29 is 4.79 Å². The predicted molar refractivity (Wildman–Crippen MR) is 41.3 cm³/mol. The number of allylic oxidation sites excluding steroid dienone is 2. The molecule has 0 amide bonds. The molecule has 0 aromatic heterocycles. The molecule has 0 aromatic rings. The number of carbonyl (C=O) groups excluding carboxylic acids is 1. The molecule has 0 radical (unpaired) electrons. The Hall–Kier alpha value is -1.18. The highest BCUT2D eigenvalue weighted by atomic mass is 16.1. The summed E-state index contributed by atoms with van der Waals surface area (Å²) in [6.07, 6.45) is 5.79. The first-order valence-electron chi connectivity index (χ1n) is 3.17. The van der Waals surface area contributed by atoms with Crippen LogP contribution in [0.25, 0.3) is 0 Å². The lowest BCUT2D eigenvalue weighted by molar-refractivity contribution is -0.114. The Kier molecular flexibility index (Phi) is 2.15. The lowest BCUT2D eigenvalue weighted by Gasteiger charge is -2.02. The molecule has 52 valence electrons. The van der Waals surface area contributed by atoms with Gasteiger partial charge in [-0.1, -0.05) is 6.08 Å². The van der Waals surface area contributed by atoms with Gasteiger partial charge < -0.3 is 0 Å². The summed E-state index contributed by atoms with van der Waals surface area (Å²) >= 11 is 0. The highest BCUT2D eigenvalue weighted by Gasteiger charge is 2.07. The molecular formula is C8H9NO. The molecule has 10 heavy (non-hydrogen) atoms. The molecule has 0 bridgehead atoms. The van der Waals surface area contributed by atoms with E-state index in [0.29, 0.717) is 13.0 Å². The largest absolute Gasteiger partial charge is 0.292 e. The zero-order chi connectivity index (χ0) is 7.40. The molecule has 0 fully saturated rings. The summed E-state index contributed by atoms with van der Waals surface area (Å²) < 4.78 is 0. The first-order chi connectivity index (χ1) is 4.84. The summed E-state index contributed by atoms with van der Waals surface area (Å²) in [6, 6.07) is 0. The second-order valence-corrected chi connectivity index (χ2v) is 2.10. The zero-order valence-corrected chi connectivity index (χ0v) is 5.71. The van der Waals surface area contributed by atoms with Gasteiger partial charge in [-0.2, -0.15) is 0 Å². The van der Waals surface area contributed by atoms with E-state index in [1.165, 1.54) is 0 Å². The maximum atomic E-state index is 11.0. The van der Waals surface area contributed by atoms with Gasteiger partial charge in [0.2, 0.25) is 0 Å². The molecule has 1 aliphatic rings. The minimum Gasteiger partial charge on any atom is -0.292 e. The van der Waals surface area contributed by atoms with Crippen molar-refractivity contribution >= 4 is 12.0 Å². The molecule has 0 atom stereocenters. The van der Waals surface area contributed by atoms with Crippen LogP contribution in [-0.2, 0) is 4.79 Å². The monoisotopic (exact) mass is 135 g/mol. The third kappa shape index (κ3) is 1.41.